The molecule has 6 rings (SSSR count). The van der Waals surface area contributed by atoms with Gasteiger partial charge in [-0.2, -0.15) is 5.10 Å². The minimum absolute atomic E-state index is 0.0449. The van der Waals surface area contributed by atoms with E-state index in [0.29, 0.717) is 48.3 Å². The number of pyridine rings is 1. The van der Waals surface area contributed by atoms with E-state index in [-0.39, 0.29) is 17.4 Å². The Bertz CT molecular complexity index is 1190. The number of rotatable bonds is 0. The first-order valence-corrected chi connectivity index (χ1v) is 10.0. The third-order valence-electron chi connectivity index (χ3n) is 6.03. The van der Waals surface area contributed by atoms with Gasteiger partial charge in [0.15, 0.2) is 17.2 Å². The molecule has 3 aromatic rings. The molecule has 1 saturated carbocycles. The minimum atomic E-state index is -0.388. The summed E-state index contributed by atoms with van der Waals surface area (Å²) in [6.07, 6.45) is 6.78. The van der Waals surface area contributed by atoms with Crippen molar-refractivity contribution < 1.29 is 13.9 Å². The summed E-state index contributed by atoms with van der Waals surface area (Å²) in [5, 5.41) is 7.77. The fourth-order valence-corrected chi connectivity index (χ4v) is 4.21. The van der Waals surface area contributed by atoms with Crippen molar-refractivity contribution in [2.24, 2.45) is 0 Å². The molecule has 3 aliphatic rings. The van der Waals surface area contributed by atoms with Crippen LogP contribution >= 0.6 is 0 Å². The van der Waals surface area contributed by atoms with E-state index in [0.717, 1.165) is 24.2 Å². The highest BCUT2D eigenvalue weighted by atomic mass is 19.1. The van der Waals surface area contributed by atoms with Crippen LogP contribution in [0.1, 0.15) is 30.9 Å². The number of nitrogens with zero attached hydrogens (tertiary/aromatic N) is 5. The maximum absolute atomic E-state index is 14.1. The van der Waals surface area contributed by atoms with E-state index in [9.17, 15) is 4.39 Å². The van der Waals surface area contributed by atoms with Gasteiger partial charge in [-0.25, -0.2) is 18.9 Å². The van der Waals surface area contributed by atoms with Crippen molar-refractivity contribution >= 4 is 17.2 Å². The molecule has 154 valence electrons. The van der Waals surface area contributed by atoms with Crippen molar-refractivity contribution in [3.63, 3.8) is 0 Å². The molecule has 1 atom stereocenters. The van der Waals surface area contributed by atoms with Crippen LogP contribution in [0.3, 0.4) is 0 Å². The summed E-state index contributed by atoms with van der Waals surface area (Å²) in [7, 11) is 0. The quantitative estimate of drug-likeness (QED) is 0.613. The molecule has 2 aliphatic heterocycles. The average molecular weight is 408 g/mol. The summed E-state index contributed by atoms with van der Waals surface area (Å²) in [6.45, 7) is 7.52. The molecule has 30 heavy (non-hydrogen) atoms. The molecular weight excluding hydrogens is 387 g/mol. The summed E-state index contributed by atoms with van der Waals surface area (Å²) in [5.41, 5.74) is 2.79. The van der Waals surface area contributed by atoms with Crippen LogP contribution in [-0.4, -0.2) is 44.4 Å². The molecule has 0 unspecified atom stereocenters. The second kappa shape index (κ2) is 6.07. The summed E-state index contributed by atoms with van der Waals surface area (Å²) in [6, 6.07) is 1.45. The van der Waals surface area contributed by atoms with E-state index in [1.165, 1.54) is 12.3 Å². The molecule has 0 amide bonds. The van der Waals surface area contributed by atoms with Crippen molar-refractivity contribution in [2.45, 2.75) is 37.9 Å². The van der Waals surface area contributed by atoms with Gasteiger partial charge >= 0.3 is 0 Å². The van der Waals surface area contributed by atoms with Gasteiger partial charge in [0, 0.05) is 11.3 Å². The molecule has 3 aromatic heterocycles. The lowest BCUT2D eigenvalue weighted by molar-refractivity contribution is 0.243. The highest BCUT2D eigenvalue weighted by Crippen LogP contribution is 2.50. The molecule has 0 aromatic carbocycles. The maximum atomic E-state index is 14.1. The highest BCUT2D eigenvalue weighted by Gasteiger charge is 2.53. The maximum Gasteiger partial charge on any atom is 0.218 e. The molecule has 2 bridgehead atoms. The Labute approximate surface area is 172 Å². The molecule has 0 saturated heterocycles. The standard InChI is InChI=1S/C21H21FN6O2/c1-12-10-29-20-14(5-15(22)6-23-20)8-27-19-17(30-11-21(27)3-4-21)9-28-18(26-19)16(7-24-28)13(2)25-12/h5-7,9,12,25H,2-4,8,10-11H2,1H3/t12-/m1/s1. The lowest BCUT2D eigenvalue weighted by Gasteiger charge is -2.38. The third kappa shape index (κ3) is 2.61. The summed E-state index contributed by atoms with van der Waals surface area (Å²) in [5.74, 6) is 1.43. The van der Waals surface area contributed by atoms with Crippen LogP contribution in [0.25, 0.3) is 11.3 Å². The van der Waals surface area contributed by atoms with Crippen LogP contribution in [0.4, 0.5) is 10.2 Å². The van der Waals surface area contributed by atoms with Crippen LogP contribution in [0.5, 0.6) is 11.6 Å². The van der Waals surface area contributed by atoms with Gasteiger partial charge < -0.3 is 19.7 Å². The number of nitrogens with one attached hydrogen (secondary N) is 1. The van der Waals surface area contributed by atoms with Gasteiger partial charge in [-0.1, -0.05) is 6.58 Å². The molecule has 8 nitrogen and oxygen atoms in total. The van der Waals surface area contributed by atoms with Gasteiger partial charge in [0.1, 0.15) is 19.0 Å². The number of fused-ring (bicyclic) bond motifs is 2. The second-order valence-corrected chi connectivity index (χ2v) is 8.31. The molecule has 5 heterocycles. The van der Waals surface area contributed by atoms with Crippen LogP contribution in [-0.2, 0) is 6.54 Å². The number of halogens is 1. The zero-order valence-electron chi connectivity index (χ0n) is 16.6. The predicted octanol–water partition coefficient (Wildman–Crippen LogP) is 2.54. The van der Waals surface area contributed by atoms with Crippen molar-refractivity contribution in [3.8, 4) is 11.6 Å². The largest absolute Gasteiger partial charge is 0.486 e. The first kappa shape index (κ1) is 17.5. The van der Waals surface area contributed by atoms with Gasteiger partial charge in [0.2, 0.25) is 5.88 Å². The second-order valence-electron chi connectivity index (χ2n) is 8.31. The Morgan fingerprint density at radius 3 is 3.00 bits per heavy atom. The first-order valence-electron chi connectivity index (χ1n) is 10.0. The van der Waals surface area contributed by atoms with E-state index in [1.54, 1.807) is 10.7 Å². The van der Waals surface area contributed by atoms with E-state index in [4.69, 9.17) is 14.5 Å². The summed E-state index contributed by atoms with van der Waals surface area (Å²) in [4.78, 5) is 11.4. The number of hydrogen-bond acceptors (Lipinski definition) is 7. The van der Waals surface area contributed by atoms with Gasteiger partial charge in [0.05, 0.1) is 42.3 Å². The predicted molar refractivity (Wildman–Crippen MR) is 108 cm³/mol. The van der Waals surface area contributed by atoms with Crippen LogP contribution in [0, 0.1) is 5.82 Å². The third-order valence-corrected chi connectivity index (χ3v) is 6.03. The van der Waals surface area contributed by atoms with Crippen molar-refractivity contribution in [1.29, 1.82) is 0 Å². The normalized spacial score (nSPS) is 21.7. The topological polar surface area (TPSA) is 76.8 Å². The Morgan fingerprint density at radius 1 is 1.30 bits per heavy atom. The van der Waals surface area contributed by atoms with Gasteiger partial charge in [0.25, 0.3) is 0 Å². The van der Waals surface area contributed by atoms with Crippen LogP contribution < -0.4 is 19.7 Å². The molecule has 9 heteroatoms. The average Bonchev–Trinajstić information content (AvgIpc) is 3.37. The first-order chi connectivity index (χ1) is 14.5. The molecule has 1 N–H and O–H groups in total. The fraction of sp³-hybridized carbons (Fsp3) is 0.381. The zero-order chi connectivity index (χ0) is 20.5. The van der Waals surface area contributed by atoms with Gasteiger partial charge in [-0.3, -0.25) is 0 Å². The van der Waals surface area contributed by atoms with Crippen molar-refractivity contribution in [3.05, 3.63) is 48.2 Å². The molecular formula is C21H21FN6O2. The Hall–Kier alpha value is -3.36. The SMILES string of the molecule is C=C1N[C@H](C)COc2ncc(F)cc2CN2c3nc4c1cnn4cc3OCC21CC1. The summed E-state index contributed by atoms with van der Waals surface area (Å²) >= 11 is 0. The van der Waals surface area contributed by atoms with Crippen LogP contribution in [0.2, 0.25) is 0 Å². The van der Waals surface area contributed by atoms with E-state index in [1.807, 2.05) is 13.1 Å². The van der Waals surface area contributed by atoms with Crippen molar-refractivity contribution in [1.82, 2.24) is 24.9 Å². The van der Waals surface area contributed by atoms with Crippen LogP contribution in [0.15, 0.2) is 31.2 Å². The molecule has 1 fully saturated rings. The van der Waals surface area contributed by atoms with Gasteiger partial charge in [-0.15, -0.1) is 0 Å². The number of anilines is 1. The smallest absolute Gasteiger partial charge is 0.218 e. The molecule has 1 aliphatic carbocycles. The van der Waals surface area contributed by atoms with E-state index >= 15 is 0 Å². The number of ether oxygens (including phenoxy) is 2. The Kier molecular flexibility index (Phi) is 3.54. The minimum Gasteiger partial charge on any atom is -0.486 e. The molecule has 0 radical (unpaired) electrons. The monoisotopic (exact) mass is 408 g/mol. The van der Waals surface area contributed by atoms with E-state index < -0.39 is 0 Å². The van der Waals surface area contributed by atoms with Crippen molar-refractivity contribution in [2.75, 3.05) is 18.1 Å². The summed E-state index contributed by atoms with van der Waals surface area (Å²) < 4.78 is 27.8. The Balaban J connectivity index is 1.56. The molecule has 1 spiro atoms. The lowest BCUT2D eigenvalue weighted by atomic mass is 10.1. The highest BCUT2D eigenvalue weighted by molar-refractivity contribution is 5.75. The van der Waals surface area contributed by atoms with Gasteiger partial charge in [-0.05, 0) is 25.8 Å². The van der Waals surface area contributed by atoms with E-state index in [2.05, 4.69) is 26.9 Å². The lowest BCUT2D eigenvalue weighted by Crippen LogP contribution is -2.45. The number of hydrogen-bond donors (Lipinski definition) is 1. The number of aromatic nitrogens is 4. The fourth-order valence-electron chi connectivity index (χ4n) is 4.21. The zero-order valence-corrected chi connectivity index (χ0v) is 16.6. The Morgan fingerprint density at radius 2 is 2.17 bits per heavy atom.